The van der Waals surface area contributed by atoms with Gasteiger partial charge in [0.25, 0.3) is 0 Å². The zero-order chi connectivity index (χ0) is 13.5. The zero-order valence-corrected chi connectivity index (χ0v) is 11.8. The molecule has 0 saturated heterocycles. The topological polar surface area (TPSA) is 24.7 Å². The smallest absolute Gasteiger partial charge is 0.0858 e. The molecule has 19 heavy (non-hydrogen) atoms. The van der Waals surface area contributed by atoms with Gasteiger partial charge in [-0.05, 0) is 54.8 Å². The van der Waals surface area contributed by atoms with Crippen molar-refractivity contribution in [2.75, 3.05) is 0 Å². The van der Waals surface area contributed by atoms with Gasteiger partial charge in [0.15, 0.2) is 0 Å². The van der Waals surface area contributed by atoms with E-state index in [1.165, 1.54) is 18.4 Å². The summed E-state index contributed by atoms with van der Waals surface area (Å²) in [5.74, 6) is 0. The third kappa shape index (κ3) is 4.49. The first-order valence-electron chi connectivity index (χ1n) is 6.54. The molecule has 3 heteroatoms. The van der Waals surface area contributed by atoms with Gasteiger partial charge in [0, 0.05) is 5.02 Å². The molecule has 0 saturated carbocycles. The van der Waals surface area contributed by atoms with E-state index in [2.05, 4.69) is 29.3 Å². The molecule has 2 aromatic carbocycles. The molecule has 0 bridgehead atoms. The molecular weight excluding hydrogens is 256 g/mol. The fraction of sp³-hybridized carbons (Fsp3) is 0.250. The molecule has 0 aliphatic carbocycles. The first-order chi connectivity index (χ1) is 9.28. The normalized spacial score (nSPS) is 11.1. The Morgan fingerprint density at radius 2 is 1.37 bits per heavy atom. The second-order valence-electron chi connectivity index (χ2n) is 4.45. The van der Waals surface area contributed by atoms with Crippen LogP contribution in [0.1, 0.15) is 25.3 Å². The van der Waals surface area contributed by atoms with Gasteiger partial charge in [0.1, 0.15) is 0 Å². The van der Waals surface area contributed by atoms with Crippen LogP contribution in [0.4, 0.5) is 11.4 Å². The standard InChI is InChI=1S/C16H17ClN2/c1-2-3-4-13-5-9-15(10-6-13)18-19-16-11-7-14(17)8-12-16/h5-12H,2-4H2,1H3. The summed E-state index contributed by atoms with van der Waals surface area (Å²) in [6.45, 7) is 2.20. The molecule has 2 nitrogen and oxygen atoms in total. The van der Waals surface area contributed by atoms with E-state index >= 15 is 0 Å². The van der Waals surface area contributed by atoms with Crippen LogP contribution in [-0.2, 0) is 6.42 Å². The average molecular weight is 273 g/mol. The lowest BCUT2D eigenvalue weighted by Crippen LogP contribution is -1.82. The van der Waals surface area contributed by atoms with Crippen molar-refractivity contribution in [1.82, 2.24) is 0 Å². The van der Waals surface area contributed by atoms with Gasteiger partial charge in [0.2, 0.25) is 0 Å². The van der Waals surface area contributed by atoms with Crippen LogP contribution in [0.5, 0.6) is 0 Å². The van der Waals surface area contributed by atoms with Crippen LogP contribution in [-0.4, -0.2) is 0 Å². The maximum absolute atomic E-state index is 5.82. The second kappa shape index (κ2) is 7.05. The Kier molecular flexibility index (Phi) is 5.10. The number of nitrogens with zero attached hydrogens (tertiary/aromatic N) is 2. The number of hydrogen-bond acceptors (Lipinski definition) is 2. The van der Waals surface area contributed by atoms with Crippen LogP contribution in [0.25, 0.3) is 0 Å². The largest absolute Gasteiger partial charge is 0.151 e. The SMILES string of the molecule is CCCCc1ccc(N=Nc2ccc(Cl)cc2)cc1. The molecule has 98 valence electrons. The van der Waals surface area contributed by atoms with Crippen LogP contribution >= 0.6 is 11.6 Å². The molecular formula is C16H17ClN2. The number of hydrogen-bond donors (Lipinski definition) is 0. The molecule has 0 amide bonds. The summed E-state index contributed by atoms with van der Waals surface area (Å²) in [5, 5.41) is 9.09. The van der Waals surface area contributed by atoms with E-state index < -0.39 is 0 Å². The molecule has 0 aliphatic rings. The monoisotopic (exact) mass is 272 g/mol. The molecule has 0 N–H and O–H groups in total. The van der Waals surface area contributed by atoms with Crippen LogP contribution in [0, 0.1) is 0 Å². The molecule has 0 heterocycles. The van der Waals surface area contributed by atoms with E-state index in [9.17, 15) is 0 Å². The zero-order valence-electron chi connectivity index (χ0n) is 11.0. The van der Waals surface area contributed by atoms with E-state index in [4.69, 9.17) is 11.6 Å². The highest BCUT2D eigenvalue weighted by Crippen LogP contribution is 2.20. The fourth-order valence-corrected chi connectivity index (χ4v) is 1.86. The van der Waals surface area contributed by atoms with E-state index in [0.29, 0.717) is 5.02 Å². The predicted octanol–water partition coefficient (Wildman–Crippen LogP) is 6.10. The van der Waals surface area contributed by atoms with E-state index in [0.717, 1.165) is 17.8 Å². The quantitative estimate of drug-likeness (QED) is 0.588. The lowest BCUT2D eigenvalue weighted by molar-refractivity contribution is 0.795. The molecule has 0 fully saturated rings. The van der Waals surface area contributed by atoms with Crippen molar-refractivity contribution in [3.8, 4) is 0 Å². The van der Waals surface area contributed by atoms with Crippen molar-refractivity contribution < 1.29 is 0 Å². The highest BCUT2D eigenvalue weighted by Gasteiger charge is 1.94. The summed E-state index contributed by atoms with van der Waals surface area (Å²) in [7, 11) is 0. The Hall–Kier alpha value is -1.67. The molecule has 0 radical (unpaired) electrons. The number of unbranched alkanes of at least 4 members (excludes halogenated alkanes) is 1. The Balaban J connectivity index is 2.00. The Bertz CT molecular complexity index is 530. The summed E-state index contributed by atoms with van der Waals surface area (Å²) in [5.41, 5.74) is 3.03. The lowest BCUT2D eigenvalue weighted by Gasteiger charge is -1.99. The van der Waals surface area contributed by atoms with Crippen molar-refractivity contribution in [1.29, 1.82) is 0 Å². The molecule has 0 unspecified atom stereocenters. The average Bonchev–Trinajstić information content (AvgIpc) is 2.46. The van der Waals surface area contributed by atoms with Crippen molar-refractivity contribution in [3.05, 3.63) is 59.1 Å². The Morgan fingerprint density at radius 1 is 0.842 bits per heavy atom. The van der Waals surface area contributed by atoms with Gasteiger partial charge in [-0.25, -0.2) is 0 Å². The molecule has 2 rings (SSSR count). The van der Waals surface area contributed by atoms with Crippen molar-refractivity contribution >= 4 is 23.0 Å². The van der Waals surface area contributed by atoms with E-state index in [-0.39, 0.29) is 0 Å². The summed E-state index contributed by atoms with van der Waals surface area (Å²) < 4.78 is 0. The Morgan fingerprint density at radius 3 is 1.89 bits per heavy atom. The molecule has 2 aromatic rings. The summed E-state index contributed by atoms with van der Waals surface area (Å²) >= 11 is 5.82. The third-order valence-electron chi connectivity index (χ3n) is 2.86. The first kappa shape index (κ1) is 13.8. The van der Waals surface area contributed by atoms with Gasteiger partial charge in [0.05, 0.1) is 11.4 Å². The number of azo groups is 1. The van der Waals surface area contributed by atoms with Gasteiger partial charge >= 0.3 is 0 Å². The lowest BCUT2D eigenvalue weighted by atomic mass is 10.1. The van der Waals surface area contributed by atoms with Crippen LogP contribution < -0.4 is 0 Å². The molecule has 0 aliphatic heterocycles. The van der Waals surface area contributed by atoms with Crippen molar-refractivity contribution in [3.63, 3.8) is 0 Å². The number of benzene rings is 2. The molecule has 0 atom stereocenters. The van der Waals surface area contributed by atoms with Crippen molar-refractivity contribution in [2.45, 2.75) is 26.2 Å². The molecule has 0 aromatic heterocycles. The van der Waals surface area contributed by atoms with Gasteiger partial charge in [-0.15, -0.1) is 0 Å². The minimum Gasteiger partial charge on any atom is -0.151 e. The summed E-state index contributed by atoms with van der Waals surface area (Å²) in [6.07, 6.45) is 3.58. The number of halogens is 1. The van der Waals surface area contributed by atoms with Gasteiger partial charge in [-0.2, -0.15) is 10.2 Å². The second-order valence-corrected chi connectivity index (χ2v) is 4.88. The van der Waals surface area contributed by atoms with Crippen LogP contribution in [0.15, 0.2) is 58.8 Å². The maximum Gasteiger partial charge on any atom is 0.0858 e. The fourth-order valence-electron chi connectivity index (χ4n) is 1.73. The highest BCUT2D eigenvalue weighted by molar-refractivity contribution is 6.30. The molecule has 0 spiro atoms. The van der Waals surface area contributed by atoms with E-state index in [1.54, 1.807) is 0 Å². The minimum atomic E-state index is 0.708. The number of rotatable bonds is 5. The number of aryl methyl sites for hydroxylation is 1. The van der Waals surface area contributed by atoms with Gasteiger partial charge in [-0.1, -0.05) is 37.1 Å². The Labute approximate surface area is 119 Å². The van der Waals surface area contributed by atoms with Crippen LogP contribution in [0.3, 0.4) is 0 Å². The first-order valence-corrected chi connectivity index (χ1v) is 6.92. The summed E-state index contributed by atoms with van der Waals surface area (Å²) in [6, 6.07) is 15.6. The van der Waals surface area contributed by atoms with E-state index in [1.807, 2.05) is 36.4 Å². The predicted molar refractivity (Wildman–Crippen MR) is 80.7 cm³/mol. The van der Waals surface area contributed by atoms with Crippen LogP contribution in [0.2, 0.25) is 5.02 Å². The van der Waals surface area contributed by atoms with Gasteiger partial charge in [-0.3, -0.25) is 0 Å². The maximum atomic E-state index is 5.82. The van der Waals surface area contributed by atoms with Crippen molar-refractivity contribution in [2.24, 2.45) is 10.2 Å². The highest BCUT2D eigenvalue weighted by atomic mass is 35.5. The summed E-state index contributed by atoms with van der Waals surface area (Å²) in [4.78, 5) is 0. The minimum absolute atomic E-state index is 0.708. The third-order valence-corrected chi connectivity index (χ3v) is 3.11. The van der Waals surface area contributed by atoms with Gasteiger partial charge < -0.3 is 0 Å².